The van der Waals surface area contributed by atoms with E-state index in [-0.39, 0.29) is 0 Å². The zero-order chi connectivity index (χ0) is 15.1. The molecule has 1 aliphatic rings. The maximum atomic E-state index is 6.11. The smallest absolute Gasteiger partial charge is 0.106 e. The van der Waals surface area contributed by atoms with Crippen LogP contribution in [0.25, 0.3) is 10.9 Å². The zero-order valence-electron chi connectivity index (χ0n) is 12.8. The number of benzene rings is 2. The zero-order valence-corrected chi connectivity index (χ0v) is 12.8. The molecule has 0 spiro atoms. The molecule has 1 aromatic heterocycles. The van der Waals surface area contributed by atoms with Crippen molar-refractivity contribution in [3.05, 3.63) is 59.7 Å². The van der Waals surface area contributed by atoms with E-state index < -0.39 is 0 Å². The molecule has 3 nitrogen and oxygen atoms in total. The van der Waals surface area contributed by atoms with Gasteiger partial charge in [-0.1, -0.05) is 30.3 Å². The number of anilines is 2. The number of likely N-dealkylation sites (N-methyl/N-ethyl adjacent to an activating group) is 1. The largest absolute Gasteiger partial charge is 0.398 e. The highest BCUT2D eigenvalue weighted by Crippen LogP contribution is 2.31. The van der Waals surface area contributed by atoms with Gasteiger partial charge in [0, 0.05) is 29.7 Å². The molecule has 4 rings (SSSR count). The Labute approximate surface area is 130 Å². The van der Waals surface area contributed by atoms with E-state index in [1.54, 1.807) is 0 Å². The van der Waals surface area contributed by atoms with Crippen molar-refractivity contribution < 1.29 is 0 Å². The van der Waals surface area contributed by atoms with Crippen molar-refractivity contribution in [2.45, 2.75) is 25.3 Å². The highest BCUT2D eigenvalue weighted by atomic mass is 15.2. The van der Waals surface area contributed by atoms with E-state index in [4.69, 9.17) is 5.73 Å². The summed E-state index contributed by atoms with van der Waals surface area (Å²) in [7, 11) is 2.19. The molecule has 0 amide bonds. The Hall–Kier alpha value is -2.42. The third-order valence-electron chi connectivity index (χ3n) is 4.94. The van der Waals surface area contributed by atoms with Crippen LogP contribution in [0, 0.1) is 0 Å². The first-order valence-electron chi connectivity index (χ1n) is 7.89. The first kappa shape index (κ1) is 13.3. The molecule has 0 saturated heterocycles. The Morgan fingerprint density at radius 1 is 1.14 bits per heavy atom. The van der Waals surface area contributed by atoms with Gasteiger partial charge in [0.1, 0.15) is 5.82 Å². The fourth-order valence-electron chi connectivity index (χ4n) is 3.59. The second-order valence-electron chi connectivity index (χ2n) is 6.23. The Kier molecular flexibility index (Phi) is 3.07. The van der Waals surface area contributed by atoms with Gasteiger partial charge in [-0.25, -0.2) is 0 Å². The number of hydrogen-bond acceptors (Lipinski definition) is 2. The maximum Gasteiger partial charge on any atom is 0.106 e. The number of H-pyrrole nitrogens is 1. The average molecular weight is 291 g/mol. The summed E-state index contributed by atoms with van der Waals surface area (Å²) in [5, 5.41) is 1.27. The first-order valence-corrected chi connectivity index (χ1v) is 7.89. The number of nitrogens with two attached hydrogens (primary N) is 1. The molecule has 3 N–H and O–H groups in total. The molecule has 1 heterocycles. The topological polar surface area (TPSA) is 45.0 Å². The number of aromatic amines is 1. The van der Waals surface area contributed by atoms with Crippen LogP contribution >= 0.6 is 0 Å². The maximum absolute atomic E-state index is 6.11. The van der Waals surface area contributed by atoms with Crippen molar-refractivity contribution in [3.8, 4) is 0 Å². The van der Waals surface area contributed by atoms with E-state index >= 15 is 0 Å². The predicted octanol–water partition coefficient (Wildman–Crippen LogP) is 3.74. The van der Waals surface area contributed by atoms with Gasteiger partial charge in [-0.05, 0) is 48.6 Å². The molecule has 0 bridgehead atoms. The molecule has 2 aromatic carbocycles. The summed E-state index contributed by atoms with van der Waals surface area (Å²) in [5.41, 5.74) is 11.0. The highest BCUT2D eigenvalue weighted by molar-refractivity contribution is 5.84. The van der Waals surface area contributed by atoms with E-state index in [2.05, 4.69) is 59.4 Å². The molecule has 0 radical (unpaired) electrons. The fourth-order valence-corrected chi connectivity index (χ4v) is 3.59. The quantitative estimate of drug-likeness (QED) is 0.706. The number of fused-ring (bicyclic) bond motifs is 2. The number of aromatic nitrogens is 1. The van der Waals surface area contributed by atoms with E-state index in [0.717, 1.165) is 24.9 Å². The number of nitrogen functional groups attached to an aromatic ring is 1. The van der Waals surface area contributed by atoms with Gasteiger partial charge in [0.25, 0.3) is 0 Å². The van der Waals surface area contributed by atoms with Crippen LogP contribution in [-0.4, -0.2) is 18.1 Å². The summed E-state index contributed by atoms with van der Waals surface area (Å²) >= 11 is 0. The molecule has 3 aromatic rings. The summed E-state index contributed by atoms with van der Waals surface area (Å²) in [6.45, 7) is 0. The monoisotopic (exact) mass is 291 g/mol. The van der Waals surface area contributed by atoms with Crippen LogP contribution in [-0.2, 0) is 12.8 Å². The molecule has 1 aliphatic carbocycles. The average Bonchev–Trinajstić information content (AvgIpc) is 2.98. The minimum atomic E-state index is 0.516. The van der Waals surface area contributed by atoms with Gasteiger partial charge in [-0.15, -0.1) is 0 Å². The van der Waals surface area contributed by atoms with E-state index in [0.29, 0.717) is 6.04 Å². The molecule has 1 atom stereocenters. The van der Waals surface area contributed by atoms with Crippen LogP contribution in [0.15, 0.2) is 48.5 Å². The van der Waals surface area contributed by atoms with Crippen LogP contribution < -0.4 is 10.6 Å². The van der Waals surface area contributed by atoms with E-state index in [9.17, 15) is 0 Å². The summed E-state index contributed by atoms with van der Waals surface area (Å²) in [4.78, 5) is 5.91. The lowest BCUT2D eigenvalue weighted by Crippen LogP contribution is -2.36. The van der Waals surface area contributed by atoms with Crippen LogP contribution in [0.5, 0.6) is 0 Å². The van der Waals surface area contributed by atoms with E-state index in [1.165, 1.54) is 27.8 Å². The third-order valence-corrected chi connectivity index (χ3v) is 4.94. The van der Waals surface area contributed by atoms with Crippen LogP contribution in [0.2, 0.25) is 0 Å². The minimum absolute atomic E-state index is 0.516. The summed E-state index contributed by atoms with van der Waals surface area (Å²) in [5.74, 6) is 1.19. The van der Waals surface area contributed by atoms with Gasteiger partial charge in [-0.3, -0.25) is 0 Å². The number of hydrogen-bond donors (Lipinski definition) is 2. The van der Waals surface area contributed by atoms with Crippen LogP contribution in [0.3, 0.4) is 0 Å². The van der Waals surface area contributed by atoms with Crippen LogP contribution in [0.4, 0.5) is 11.5 Å². The second-order valence-corrected chi connectivity index (χ2v) is 6.23. The Morgan fingerprint density at radius 2 is 2.00 bits per heavy atom. The molecule has 0 saturated carbocycles. The summed E-state index contributed by atoms with van der Waals surface area (Å²) in [6.07, 6.45) is 3.27. The van der Waals surface area contributed by atoms with Gasteiger partial charge in [0.05, 0.1) is 0 Å². The minimum Gasteiger partial charge on any atom is -0.398 e. The van der Waals surface area contributed by atoms with Gasteiger partial charge in [0.15, 0.2) is 0 Å². The van der Waals surface area contributed by atoms with Crippen molar-refractivity contribution in [1.82, 2.24) is 4.98 Å². The number of nitrogens with one attached hydrogen (secondary N) is 1. The molecule has 1 unspecified atom stereocenters. The molecule has 22 heavy (non-hydrogen) atoms. The number of nitrogens with zero attached hydrogens (tertiary/aromatic N) is 1. The van der Waals surface area contributed by atoms with Crippen molar-refractivity contribution in [1.29, 1.82) is 0 Å². The van der Waals surface area contributed by atoms with Crippen molar-refractivity contribution in [3.63, 3.8) is 0 Å². The lowest BCUT2D eigenvalue weighted by Gasteiger charge is -2.33. The van der Waals surface area contributed by atoms with Crippen molar-refractivity contribution in [2.24, 2.45) is 0 Å². The lowest BCUT2D eigenvalue weighted by atomic mass is 9.86. The highest BCUT2D eigenvalue weighted by Gasteiger charge is 2.24. The molecule has 112 valence electrons. The number of rotatable bonds is 2. The Bertz CT molecular complexity index is 785. The fraction of sp³-hybridized carbons (Fsp3) is 0.263. The standard InChI is InChI=1S/C19H21N3/c1-22(19-12-14-5-2-3-8-18(14)21-19)15-9-10-16-13(11-15)6-4-7-17(16)20/h2-8,12,15,21H,9-11,20H2,1H3. The van der Waals surface area contributed by atoms with Gasteiger partial charge >= 0.3 is 0 Å². The Balaban J connectivity index is 1.62. The molecular weight excluding hydrogens is 270 g/mol. The third kappa shape index (κ3) is 2.13. The number of para-hydroxylation sites is 1. The molecule has 0 fully saturated rings. The molecule has 0 aliphatic heterocycles. The van der Waals surface area contributed by atoms with Crippen molar-refractivity contribution in [2.75, 3.05) is 17.7 Å². The van der Waals surface area contributed by atoms with E-state index in [1.807, 2.05) is 6.07 Å². The lowest BCUT2D eigenvalue weighted by molar-refractivity contribution is 0.546. The summed E-state index contributed by atoms with van der Waals surface area (Å²) in [6, 6.07) is 17.5. The SMILES string of the molecule is CN(c1cc2ccccc2[nH]1)C1CCc2c(N)cccc2C1. The first-order chi connectivity index (χ1) is 10.7. The second kappa shape index (κ2) is 5.09. The van der Waals surface area contributed by atoms with Crippen LogP contribution in [0.1, 0.15) is 17.5 Å². The summed E-state index contributed by atoms with van der Waals surface area (Å²) < 4.78 is 0. The van der Waals surface area contributed by atoms with Gasteiger partial charge in [0.2, 0.25) is 0 Å². The predicted molar refractivity (Wildman–Crippen MR) is 93.4 cm³/mol. The Morgan fingerprint density at radius 3 is 2.86 bits per heavy atom. The molecular formula is C19H21N3. The van der Waals surface area contributed by atoms with Crippen molar-refractivity contribution >= 4 is 22.4 Å². The molecule has 3 heteroatoms. The van der Waals surface area contributed by atoms with Gasteiger partial charge < -0.3 is 15.6 Å². The normalized spacial score (nSPS) is 17.4. The van der Waals surface area contributed by atoms with Gasteiger partial charge in [-0.2, -0.15) is 0 Å².